The topological polar surface area (TPSA) is 150 Å². The van der Waals surface area contributed by atoms with Crippen molar-refractivity contribution in [2.45, 2.75) is 102 Å². The Hall–Kier alpha value is -2.57. The van der Waals surface area contributed by atoms with Gasteiger partial charge in [0.25, 0.3) is 0 Å². The minimum Gasteiger partial charge on any atom is -0.469 e. The van der Waals surface area contributed by atoms with E-state index in [2.05, 4.69) is 6.08 Å². The lowest BCUT2D eigenvalue weighted by molar-refractivity contribution is -0.238. The summed E-state index contributed by atoms with van der Waals surface area (Å²) >= 11 is 0. The van der Waals surface area contributed by atoms with Gasteiger partial charge in [-0.3, -0.25) is 4.79 Å². The zero-order chi connectivity index (χ0) is 31.9. The van der Waals surface area contributed by atoms with Crippen LogP contribution in [-0.2, 0) is 42.8 Å². The Kier molecular flexibility index (Phi) is 9.45. The molecule has 3 fully saturated rings. The summed E-state index contributed by atoms with van der Waals surface area (Å²) in [6, 6.07) is 0. The van der Waals surface area contributed by atoms with Crippen LogP contribution in [-0.4, -0.2) is 97.3 Å². The first-order valence-electron chi connectivity index (χ1n) is 15.6. The first-order valence-corrected chi connectivity index (χ1v) is 15.6. The van der Waals surface area contributed by atoms with Gasteiger partial charge in [-0.15, -0.1) is 0 Å². The molecule has 11 nitrogen and oxygen atoms in total. The molecule has 11 heteroatoms. The Bertz CT molecular complexity index is 1200. The Morgan fingerprint density at radius 1 is 1.20 bits per heavy atom. The highest BCUT2D eigenvalue weighted by atomic mass is 16.6. The molecule has 244 valence electrons. The van der Waals surface area contributed by atoms with E-state index in [-0.39, 0.29) is 37.6 Å². The van der Waals surface area contributed by atoms with Crippen molar-refractivity contribution in [3.63, 3.8) is 0 Å². The predicted molar refractivity (Wildman–Crippen MR) is 156 cm³/mol. The van der Waals surface area contributed by atoms with E-state index < -0.39 is 64.8 Å². The standard InChI is InChI=1S/C33H46O11/c1-19-12-13-40-23(21(3)34)8-6-7-9-28(36)44-24-15-26-33(18-42-33)31(24,4)32(17-41-30(38)29(19)37)16-22(10-11-27(35)39-5)20(2)14-25(32)43-26/h6-9,14,19,21-26,29,34,37H,10-13,15-18H2,1-5H3/b8-6-,9-7-/t19-,21+,22+,23?,24-,25-,26-,29+,31-,32-,33+/m1/s1. The molecule has 44 heavy (non-hydrogen) atoms. The summed E-state index contributed by atoms with van der Waals surface area (Å²) in [5, 5.41) is 21.1. The smallest absolute Gasteiger partial charge is 0.335 e. The summed E-state index contributed by atoms with van der Waals surface area (Å²) < 4.78 is 35.7. The van der Waals surface area contributed by atoms with Crippen molar-refractivity contribution >= 4 is 17.9 Å². The molecular weight excluding hydrogens is 572 g/mol. The first-order chi connectivity index (χ1) is 20.9. The molecule has 2 spiro atoms. The fourth-order valence-electron chi connectivity index (χ4n) is 7.89. The van der Waals surface area contributed by atoms with Gasteiger partial charge in [0.05, 0.1) is 37.4 Å². The van der Waals surface area contributed by atoms with Crippen molar-refractivity contribution < 1.29 is 53.0 Å². The number of aliphatic hydroxyl groups is 2. The Morgan fingerprint density at radius 3 is 2.64 bits per heavy atom. The van der Waals surface area contributed by atoms with E-state index in [1.165, 1.54) is 13.2 Å². The third-order valence-electron chi connectivity index (χ3n) is 10.9. The van der Waals surface area contributed by atoms with Crippen LogP contribution in [0.1, 0.15) is 59.8 Å². The minimum atomic E-state index is -1.40. The number of esters is 3. The summed E-state index contributed by atoms with van der Waals surface area (Å²) in [4.78, 5) is 38.6. The van der Waals surface area contributed by atoms with Gasteiger partial charge in [-0.1, -0.05) is 43.7 Å². The van der Waals surface area contributed by atoms with E-state index in [0.29, 0.717) is 32.3 Å². The second-order valence-corrected chi connectivity index (χ2v) is 13.3. The summed E-state index contributed by atoms with van der Waals surface area (Å²) in [7, 11) is 1.36. The third kappa shape index (κ3) is 5.66. The minimum absolute atomic E-state index is 0.0560. The maximum Gasteiger partial charge on any atom is 0.335 e. The molecular formula is C33H46O11. The number of rotatable bonds is 4. The van der Waals surface area contributed by atoms with Crippen LogP contribution >= 0.6 is 0 Å². The molecule has 0 radical (unpaired) electrons. The average Bonchev–Trinajstić information content (AvgIpc) is 3.77. The lowest BCUT2D eigenvalue weighted by Crippen LogP contribution is -2.67. The van der Waals surface area contributed by atoms with Gasteiger partial charge in [0.1, 0.15) is 24.4 Å². The molecule has 0 amide bonds. The van der Waals surface area contributed by atoms with Gasteiger partial charge in [-0.05, 0) is 44.9 Å². The number of ether oxygens (including phenoxy) is 6. The second-order valence-electron chi connectivity index (χ2n) is 13.3. The average molecular weight is 619 g/mol. The van der Waals surface area contributed by atoms with Gasteiger partial charge in [-0.25, -0.2) is 9.59 Å². The Labute approximate surface area is 258 Å². The molecule has 5 rings (SSSR count). The van der Waals surface area contributed by atoms with E-state index in [0.717, 1.165) is 5.57 Å². The fourth-order valence-corrected chi connectivity index (χ4v) is 7.89. The van der Waals surface area contributed by atoms with E-state index >= 15 is 0 Å². The van der Waals surface area contributed by atoms with Crippen LogP contribution in [0.2, 0.25) is 0 Å². The fraction of sp³-hybridized carbons (Fsp3) is 0.727. The van der Waals surface area contributed by atoms with Gasteiger partial charge in [-0.2, -0.15) is 0 Å². The molecule has 0 aromatic heterocycles. The molecule has 2 N–H and O–H groups in total. The van der Waals surface area contributed by atoms with Crippen LogP contribution in [0.4, 0.5) is 0 Å². The molecule has 11 atom stereocenters. The van der Waals surface area contributed by atoms with Gasteiger partial charge >= 0.3 is 17.9 Å². The van der Waals surface area contributed by atoms with Crippen molar-refractivity contribution in [3.05, 3.63) is 36.0 Å². The quantitative estimate of drug-likeness (QED) is 0.207. The molecule has 5 aliphatic rings. The molecule has 0 aromatic rings. The van der Waals surface area contributed by atoms with E-state index in [9.17, 15) is 24.6 Å². The lowest BCUT2D eigenvalue weighted by Gasteiger charge is -2.59. The Balaban J connectivity index is 1.53. The van der Waals surface area contributed by atoms with Crippen LogP contribution in [0.5, 0.6) is 0 Å². The monoisotopic (exact) mass is 618 g/mol. The second kappa shape index (κ2) is 12.7. The maximum atomic E-state index is 13.4. The Morgan fingerprint density at radius 2 is 1.95 bits per heavy atom. The zero-order valence-corrected chi connectivity index (χ0v) is 26.2. The molecule has 3 aliphatic heterocycles. The van der Waals surface area contributed by atoms with E-state index in [4.69, 9.17) is 28.4 Å². The van der Waals surface area contributed by atoms with Gasteiger partial charge in [0, 0.05) is 30.9 Å². The van der Waals surface area contributed by atoms with Crippen molar-refractivity contribution in [3.8, 4) is 0 Å². The van der Waals surface area contributed by atoms with E-state index in [1.54, 1.807) is 32.1 Å². The van der Waals surface area contributed by atoms with Crippen molar-refractivity contribution in [1.82, 2.24) is 0 Å². The maximum absolute atomic E-state index is 13.4. The molecule has 0 aromatic carbocycles. The molecule has 3 heterocycles. The molecule has 2 saturated heterocycles. The van der Waals surface area contributed by atoms with Crippen LogP contribution in [0.25, 0.3) is 0 Å². The van der Waals surface area contributed by atoms with E-state index in [1.807, 2.05) is 13.8 Å². The number of hydrogen-bond donors (Lipinski definition) is 2. The summed E-state index contributed by atoms with van der Waals surface area (Å²) in [6.45, 7) is 7.90. The molecule has 2 aliphatic carbocycles. The normalized spacial score (nSPS) is 44.6. The largest absolute Gasteiger partial charge is 0.469 e. The van der Waals surface area contributed by atoms with Gasteiger partial charge in [0.2, 0.25) is 0 Å². The highest BCUT2D eigenvalue weighted by Gasteiger charge is 2.83. The van der Waals surface area contributed by atoms with Gasteiger partial charge < -0.3 is 38.6 Å². The number of methoxy groups -OCH3 is 1. The number of hydrogen-bond acceptors (Lipinski definition) is 11. The zero-order valence-electron chi connectivity index (χ0n) is 26.2. The lowest BCUT2D eigenvalue weighted by atomic mass is 9.49. The number of carbonyl (C=O) groups excluding carboxylic acids is 3. The molecule has 1 saturated carbocycles. The van der Waals surface area contributed by atoms with Crippen LogP contribution in [0.15, 0.2) is 36.0 Å². The van der Waals surface area contributed by atoms with Crippen LogP contribution in [0.3, 0.4) is 0 Å². The third-order valence-corrected chi connectivity index (χ3v) is 10.9. The number of cyclic esters (lactones) is 1. The predicted octanol–water partition coefficient (Wildman–Crippen LogP) is 2.57. The molecule has 2 bridgehead atoms. The van der Waals surface area contributed by atoms with Crippen molar-refractivity contribution in [1.29, 1.82) is 0 Å². The van der Waals surface area contributed by atoms with Crippen molar-refractivity contribution in [2.24, 2.45) is 22.7 Å². The van der Waals surface area contributed by atoms with Crippen molar-refractivity contribution in [2.75, 3.05) is 26.9 Å². The summed E-state index contributed by atoms with van der Waals surface area (Å²) in [6.07, 6.45) is 5.92. The van der Waals surface area contributed by atoms with Crippen LogP contribution in [0, 0.1) is 22.7 Å². The van der Waals surface area contributed by atoms with Crippen LogP contribution < -0.4 is 0 Å². The number of carbonyl (C=O) groups is 3. The SMILES string of the molecule is COC(=O)CC[C@H]1C[C@@]23COC(=O)[C@@H](O)[C@H](C)CCOC([C@H](C)O)/C=C\C=C/C(=O)O[C@@H]4C[C@@H](O[C@@H]2C=C1C)[C@@]1(CO1)[C@]43C. The number of aliphatic hydroxyl groups excluding tert-OH is 2. The summed E-state index contributed by atoms with van der Waals surface area (Å²) in [5.41, 5.74) is -1.37. The highest BCUT2D eigenvalue weighted by Crippen LogP contribution is 2.72. The first kappa shape index (κ1) is 32.8. The summed E-state index contributed by atoms with van der Waals surface area (Å²) in [5.74, 6) is -2.15. The highest BCUT2D eigenvalue weighted by molar-refractivity contribution is 5.82. The number of allylic oxidation sites excluding steroid dienone is 3. The van der Waals surface area contributed by atoms with Gasteiger partial charge in [0.15, 0.2) is 6.10 Å². The number of epoxide rings is 1. The molecule has 1 unspecified atom stereocenters.